The van der Waals surface area contributed by atoms with Crippen LogP contribution in [-0.4, -0.2) is 43.4 Å². The van der Waals surface area contributed by atoms with Crippen LogP contribution < -0.4 is 4.90 Å². The highest BCUT2D eigenvalue weighted by atomic mass is 35.5. The predicted molar refractivity (Wildman–Crippen MR) is 107 cm³/mol. The number of aromatic nitrogens is 1. The summed E-state index contributed by atoms with van der Waals surface area (Å²) in [4.78, 5) is 15.0. The number of morpholine rings is 1. The van der Waals surface area contributed by atoms with E-state index >= 15 is 0 Å². The number of fused-ring (bicyclic) bond motifs is 1. The van der Waals surface area contributed by atoms with Crippen molar-refractivity contribution in [3.05, 3.63) is 58.7 Å². The average molecular weight is 421 g/mol. The topological polar surface area (TPSA) is 43.7 Å². The van der Waals surface area contributed by atoms with Gasteiger partial charge in [0.15, 0.2) is 5.69 Å². The lowest BCUT2D eigenvalue weighted by Gasteiger charge is -2.29. The number of halogens is 3. The van der Waals surface area contributed by atoms with Crippen LogP contribution in [0, 0.1) is 11.6 Å². The van der Waals surface area contributed by atoms with Crippen molar-refractivity contribution in [3.63, 3.8) is 0 Å². The van der Waals surface area contributed by atoms with E-state index in [1.807, 2.05) is 4.90 Å². The van der Waals surface area contributed by atoms with Crippen molar-refractivity contribution in [1.29, 1.82) is 0 Å². The van der Waals surface area contributed by atoms with Crippen LogP contribution in [0.5, 0.6) is 0 Å². The second kappa shape index (κ2) is 8.00. The Morgan fingerprint density at radius 3 is 2.66 bits per heavy atom. The molecule has 2 heterocycles. The minimum Gasteiger partial charge on any atom is -0.461 e. The van der Waals surface area contributed by atoms with Gasteiger partial charge in [0, 0.05) is 24.2 Å². The molecule has 0 radical (unpaired) electrons. The molecule has 0 atom stereocenters. The third kappa shape index (κ3) is 3.45. The lowest BCUT2D eigenvalue weighted by molar-refractivity contribution is 0.0517. The van der Waals surface area contributed by atoms with Crippen LogP contribution in [0.1, 0.15) is 17.4 Å². The summed E-state index contributed by atoms with van der Waals surface area (Å²) in [5, 5.41) is 0.297. The van der Waals surface area contributed by atoms with Crippen molar-refractivity contribution in [2.45, 2.75) is 6.92 Å². The maximum Gasteiger partial charge on any atom is 0.357 e. The van der Waals surface area contributed by atoms with Crippen molar-refractivity contribution in [1.82, 2.24) is 4.57 Å². The van der Waals surface area contributed by atoms with Crippen molar-refractivity contribution < 1.29 is 23.0 Å². The summed E-state index contributed by atoms with van der Waals surface area (Å²) in [5.41, 5.74) is 1.56. The van der Waals surface area contributed by atoms with E-state index < -0.39 is 17.6 Å². The van der Waals surface area contributed by atoms with Crippen molar-refractivity contribution in [2.24, 2.45) is 0 Å². The van der Waals surface area contributed by atoms with Gasteiger partial charge in [-0.2, -0.15) is 0 Å². The van der Waals surface area contributed by atoms with Crippen LogP contribution in [0.4, 0.5) is 14.5 Å². The summed E-state index contributed by atoms with van der Waals surface area (Å²) in [7, 11) is 0. The lowest BCUT2D eigenvalue weighted by atomic mass is 10.2. The Bertz CT molecular complexity index is 1080. The zero-order valence-electron chi connectivity index (χ0n) is 15.8. The number of rotatable bonds is 4. The summed E-state index contributed by atoms with van der Waals surface area (Å²) in [5.74, 6) is -1.65. The molecule has 1 fully saturated rings. The van der Waals surface area contributed by atoms with E-state index in [-0.39, 0.29) is 17.3 Å². The van der Waals surface area contributed by atoms with E-state index in [4.69, 9.17) is 21.1 Å². The molecule has 0 bridgehead atoms. The molecule has 4 rings (SSSR count). The van der Waals surface area contributed by atoms with E-state index in [0.717, 1.165) is 0 Å². The molecule has 0 spiro atoms. The molecule has 1 aliphatic rings. The van der Waals surface area contributed by atoms with Crippen molar-refractivity contribution in [3.8, 4) is 5.69 Å². The van der Waals surface area contributed by atoms with E-state index in [0.29, 0.717) is 48.6 Å². The minimum atomic E-state index is -0.597. The summed E-state index contributed by atoms with van der Waals surface area (Å²) < 4.78 is 40.7. The fourth-order valence-corrected chi connectivity index (χ4v) is 3.91. The van der Waals surface area contributed by atoms with Gasteiger partial charge in [0.25, 0.3) is 0 Å². The number of ether oxygens (including phenoxy) is 2. The van der Waals surface area contributed by atoms with Crippen LogP contribution in [0.15, 0.2) is 36.4 Å². The molecule has 152 valence electrons. The molecular weight excluding hydrogens is 402 g/mol. The third-order valence-electron chi connectivity index (χ3n) is 4.86. The Kier molecular flexibility index (Phi) is 5.43. The van der Waals surface area contributed by atoms with Gasteiger partial charge in [0.2, 0.25) is 0 Å². The molecule has 1 aliphatic heterocycles. The number of carbonyl (C=O) groups excluding carboxylic acids is 1. The first kappa shape index (κ1) is 19.7. The first-order valence-corrected chi connectivity index (χ1v) is 9.69. The van der Waals surface area contributed by atoms with Crippen LogP contribution >= 0.6 is 11.6 Å². The van der Waals surface area contributed by atoms with Crippen molar-refractivity contribution in [2.75, 3.05) is 37.8 Å². The highest BCUT2D eigenvalue weighted by molar-refractivity contribution is 6.37. The van der Waals surface area contributed by atoms with Gasteiger partial charge >= 0.3 is 5.97 Å². The fourth-order valence-electron chi connectivity index (χ4n) is 3.66. The molecular formula is C21H19ClF2N2O3. The zero-order chi connectivity index (χ0) is 20.5. The molecule has 29 heavy (non-hydrogen) atoms. The standard InChI is InChI=1S/C21H19ClF2N2O3/c1-2-29-21(27)20-19(25-8-10-28-11-9-25)17-16(7-6-15(24)18(17)22)26(20)14-5-3-4-13(23)12-14/h3-7,12H,2,8-11H2,1H3. The van der Waals surface area contributed by atoms with Crippen LogP contribution in [0.2, 0.25) is 5.02 Å². The first-order chi connectivity index (χ1) is 14.0. The molecule has 3 aromatic rings. The number of esters is 1. The maximum atomic E-state index is 14.4. The highest BCUT2D eigenvalue weighted by Gasteiger charge is 2.31. The Hall–Kier alpha value is -2.64. The summed E-state index contributed by atoms with van der Waals surface area (Å²) in [6.45, 7) is 3.79. The largest absolute Gasteiger partial charge is 0.461 e. The number of nitrogens with zero attached hydrogens (tertiary/aromatic N) is 2. The molecule has 0 amide bonds. The minimum absolute atomic E-state index is 0.0929. The lowest BCUT2D eigenvalue weighted by Crippen LogP contribution is -2.37. The monoisotopic (exact) mass is 420 g/mol. The zero-order valence-corrected chi connectivity index (χ0v) is 16.5. The average Bonchev–Trinajstić information content (AvgIpc) is 3.07. The van der Waals surface area contributed by atoms with Gasteiger partial charge in [-0.25, -0.2) is 13.6 Å². The number of benzene rings is 2. The molecule has 0 unspecified atom stereocenters. The molecule has 2 aromatic carbocycles. The quantitative estimate of drug-likeness (QED) is 0.580. The van der Waals surface area contributed by atoms with Crippen LogP contribution in [0.3, 0.4) is 0 Å². The molecule has 1 aromatic heterocycles. The summed E-state index contributed by atoms with van der Waals surface area (Å²) >= 11 is 6.36. The van der Waals surface area contributed by atoms with Crippen LogP contribution in [-0.2, 0) is 9.47 Å². The van der Waals surface area contributed by atoms with E-state index in [1.165, 1.54) is 24.3 Å². The maximum absolute atomic E-state index is 14.4. The Labute approximate surface area is 171 Å². The van der Waals surface area contributed by atoms with Gasteiger partial charge in [0.1, 0.15) is 11.6 Å². The van der Waals surface area contributed by atoms with Gasteiger partial charge in [-0.15, -0.1) is 0 Å². The van der Waals surface area contributed by atoms with E-state index in [9.17, 15) is 13.6 Å². The van der Waals surface area contributed by atoms with Gasteiger partial charge < -0.3 is 18.9 Å². The summed E-state index contributed by atoms with van der Waals surface area (Å²) in [6.07, 6.45) is 0. The smallest absolute Gasteiger partial charge is 0.357 e. The van der Waals surface area contributed by atoms with E-state index in [1.54, 1.807) is 23.6 Å². The van der Waals surface area contributed by atoms with Gasteiger partial charge in [-0.3, -0.25) is 0 Å². The molecule has 5 nitrogen and oxygen atoms in total. The third-order valence-corrected chi connectivity index (χ3v) is 5.23. The second-order valence-electron chi connectivity index (χ2n) is 6.59. The molecule has 0 saturated carbocycles. The predicted octanol–water partition coefficient (Wildman–Crippen LogP) is 4.58. The second-order valence-corrected chi connectivity index (χ2v) is 6.97. The number of anilines is 1. The van der Waals surface area contributed by atoms with Gasteiger partial charge in [0.05, 0.1) is 36.0 Å². The molecule has 0 N–H and O–H groups in total. The Balaban J connectivity index is 2.11. The molecule has 0 aliphatic carbocycles. The van der Waals surface area contributed by atoms with Crippen LogP contribution in [0.25, 0.3) is 16.6 Å². The Morgan fingerprint density at radius 2 is 1.97 bits per heavy atom. The normalized spacial score (nSPS) is 14.4. The molecule has 8 heteroatoms. The first-order valence-electron chi connectivity index (χ1n) is 9.31. The fraction of sp³-hybridized carbons (Fsp3) is 0.286. The summed E-state index contributed by atoms with van der Waals surface area (Å²) in [6, 6.07) is 8.61. The SMILES string of the molecule is CCOC(=O)c1c(N2CCOCC2)c2c(Cl)c(F)ccc2n1-c1cccc(F)c1. The highest BCUT2D eigenvalue weighted by Crippen LogP contribution is 2.42. The Morgan fingerprint density at radius 1 is 1.21 bits per heavy atom. The van der Waals surface area contributed by atoms with Gasteiger partial charge in [-0.1, -0.05) is 17.7 Å². The van der Waals surface area contributed by atoms with E-state index in [2.05, 4.69) is 0 Å². The van der Waals surface area contributed by atoms with Crippen molar-refractivity contribution >= 4 is 34.2 Å². The molecule has 1 saturated heterocycles. The number of carbonyl (C=O) groups is 1. The van der Waals surface area contributed by atoms with Gasteiger partial charge in [-0.05, 0) is 37.3 Å². The number of hydrogen-bond acceptors (Lipinski definition) is 4. The number of hydrogen-bond donors (Lipinski definition) is 0.